The maximum atomic E-state index is 12.1. The molecule has 0 spiro atoms. The first-order chi connectivity index (χ1) is 11.9. The van der Waals surface area contributed by atoms with E-state index in [9.17, 15) is 9.90 Å². The highest BCUT2D eigenvalue weighted by molar-refractivity contribution is 6.01. The zero-order valence-electron chi connectivity index (χ0n) is 14.1. The van der Waals surface area contributed by atoms with Crippen molar-refractivity contribution in [2.45, 2.75) is 19.4 Å². The summed E-state index contributed by atoms with van der Waals surface area (Å²) < 4.78 is 1.74. The summed E-state index contributed by atoms with van der Waals surface area (Å²) in [7, 11) is 1.79. The van der Waals surface area contributed by atoms with E-state index >= 15 is 0 Å². The van der Waals surface area contributed by atoms with Crippen LogP contribution < -0.4 is 5.32 Å². The minimum Gasteiger partial charge on any atom is -0.384 e. The van der Waals surface area contributed by atoms with Gasteiger partial charge in [-0.15, -0.1) is 0 Å². The zero-order chi connectivity index (χ0) is 18.0. The molecule has 0 fully saturated rings. The predicted octanol–water partition coefficient (Wildman–Crippen LogP) is 1.75. The number of aliphatic hydroxyl groups is 1. The van der Waals surface area contributed by atoms with Crippen LogP contribution >= 0.6 is 0 Å². The quantitative estimate of drug-likeness (QED) is 0.751. The van der Waals surface area contributed by atoms with Crippen molar-refractivity contribution in [3.63, 3.8) is 0 Å². The number of carbonyl (C=O) groups excluding carboxylic acids is 1. The molecule has 8 heteroatoms. The normalized spacial score (nSPS) is 11.4. The molecule has 0 atom stereocenters. The largest absolute Gasteiger partial charge is 0.384 e. The number of carbonyl (C=O) groups is 1. The maximum Gasteiger partial charge on any atom is 0.294 e. The number of hydrogen-bond acceptors (Lipinski definition) is 6. The van der Waals surface area contributed by atoms with Crippen molar-refractivity contribution in [2.75, 3.05) is 5.32 Å². The molecule has 3 aromatic heterocycles. The number of hydrogen-bond donors (Lipinski definition) is 2. The van der Waals surface area contributed by atoms with Gasteiger partial charge >= 0.3 is 0 Å². The van der Waals surface area contributed by atoms with E-state index in [1.165, 1.54) is 12.4 Å². The Kier molecular flexibility index (Phi) is 4.28. The van der Waals surface area contributed by atoms with Crippen molar-refractivity contribution in [1.29, 1.82) is 0 Å². The Morgan fingerprint density at radius 2 is 1.84 bits per heavy atom. The van der Waals surface area contributed by atoms with Crippen LogP contribution in [0.5, 0.6) is 0 Å². The number of pyridine rings is 1. The van der Waals surface area contributed by atoms with Gasteiger partial charge in [-0.1, -0.05) is 0 Å². The Morgan fingerprint density at radius 3 is 2.44 bits per heavy atom. The Bertz CT molecular complexity index is 882. The molecule has 3 heterocycles. The van der Waals surface area contributed by atoms with Crippen molar-refractivity contribution in [3.8, 4) is 11.4 Å². The summed E-state index contributed by atoms with van der Waals surface area (Å²) in [6.07, 6.45) is 6.21. The molecule has 2 N–H and O–H groups in total. The lowest BCUT2D eigenvalue weighted by atomic mass is 10.0. The van der Waals surface area contributed by atoms with E-state index in [0.29, 0.717) is 17.3 Å². The zero-order valence-corrected chi connectivity index (χ0v) is 14.1. The molecule has 0 bridgehead atoms. The minimum absolute atomic E-state index is 0.0847. The van der Waals surface area contributed by atoms with E-state index in [-0.39, 0.29) is 5.82 Å². The molecular formula is C17H18N6O2. The van der Waals surface area contributed by atoms with E-state index in [2.05, 4.69) is 25.3 Å². The van der Waals surface area contributed by atoms with Crippen LogP contribution in [0, 0.1) is 0 Å². The lowest BCUT2D eigenvalue weighted by Crippen LogP contribution is -2.17. The smallest absolute Gasteiger partial charge is 0.294 e. The lowest BCUT2D eigenvalue weighted by molar-refractivity contribution is 0.0738. The van der Waals surface area contributed by atoms with Gasteiger partial charge in [-0.05, 0) is 32.0 Å². The Labute approximate surface area is 144 Å². The molecule has 0 unspecified atom stereocenters. The standard InChI is InChI=1S/C17H18N6O2/c1-17(2,25)12-6-5-11(9-20-12)15-21-10-13(23(15)3)22-16(24)14-18-7-4-8-19-14/h4-10,25H,1-3H3,(H,22,24). The van der Waals surface area contributed by atoms with E-state index in [0.717, 1.165) is 5.56 Å². The number of amides is 1. The van der Waals surface area contributed by atoms with E-state index < -0.39 is 11.5 Å². The minimum atomic E-state index is -1.00. The van der Waals surface area contributed by atoms with Crippen LogP contribution in [0.1, 0.15) is 30.2 Å². The molecule has 8 nitrogen and oxygen atoms in total. The fraction of sp³-hybridized carbons (Fsp3) is 0.235. The highest BCUT2D eigenvalue weighted by Crippen LogP contribution is 2.23. The first kappa shape index (κ1) is 16.7. The molecule has 0 aliphatic carbocycles. The van der Waals surface area contributed by atoms with Gasteiger partial charge in [0.05, 0.1) is 11.9 Å². The Hall–Kier alpha value is -3.13. The van der Waals surface area contributed by atoms with Crippen molar-refractivity contribution < 1.29 is 9.90 Å². The first-order valence-corrected chi connectivity index (χ1v) is 7.65. The van der Waals surface area contributed by atoms with Crippen molar-refractivity contribution in [3.05, 3.63) is 54.5 Å². The van der Waals surface area contributed by atoms with Crippen LogP contribution in [0.3, 0.4) is 0 Å². The first-order valence-electron chi connectivity index (χ1n) is 7.65. The van der Waals surface area contributed by atoms with Crippen LogP contribution in [0.15, 0.2) is 43.0 Å². The lowest BCUT2D eigenvalue weighted by Gasteiger charge is -2.16. The number of anilines is 1. The third-order valence-electron chi connectivity index (χ3n) is 3.65. The van der Waals surface area contributed by atoms with Gasteiger partial charge in [0, 0.05) is 31.2 Å². The Morgan fingerprint density at radius 1 is 1.12 bits per heavy atom. The molecule has 0 radical (unpaired) electrons. The Balaban J connectivity index is 1.83. The van der Waals surface area contributed by atoms with Gasteiger partial charge < -0.3 is 15.0 Å². The molecule has 3 aromatic rings. The maximum absolute atomic E-state index is 12.1. The molecule has 3 rings (SSSR count). The molecule has 25 heavy (non-hydrogen) atoms. The van der Waals surface area contributed by atoms with Crippen LogP contribution in [0.2, 0.25) is 0 Å². The fourth-order valence-electron chi connectivity index (χ4n) is 2.27. The summed E-state index contributed by atoms with van der Waals surface area (Å²) in [5.74, 6) is 0.824. The number of imidazole rings is 1. The van der Waals surface area contributed by atoms with Gasteiger partial charge in [-0.25, -0.2) is 15.0 Å². The van der Waals surface area contributed by atoms with E-state index in [1.807, 2.05) is 6.07 Å². The van der Waals surface area contributed by atoms with Crippen LogP contribution in [0.25, 0.3) is 11.4 Å². The van der Waals surface area contributed by atoms with Gasteiger partial charge in [-0.3, -0.25) is 9.78 Å². The van der Waals surface area contributed by atoms with Crippen molar-refractivity contribution in [2.24, 2.45) is 7.05 Å². The molecule has 0 aromatic carbocycles. The van der Waals surface area contributed by atoms with Gasteiger partial charge in [0.15, 0.2) is 0 Å². The SMILES string of the molecule is Cn1c(NC(=O)c2ncccn2)cnc1-c1ccc(C(C)(C)O)nc1. The van der Waals surface area contributed by atoms with Crippen LogP contribution in [0.4, 0.5) is 5.82 Å². The van der Waals surface area contributed by atoms with Gasteiger partial charge in [0.2, 0.25) is 5.82 Å². The molecule has 128 valence electrons. The van der Waals surface area contributed by atoms with Crippen molar-refractivity contribution in [1.82, 2.24) is 24.5 Å². The average Bonchev–Trinajstić information content (AvgIpc) is 2.96. The molecule has 0 saturated carbocycles. The predicted molar refractivity (Wildman–Crippen MR) is 91.7 cm³/mol. The number of aromatic nitrogens is 5. The summed E-state index contributed by atoms with van der Waals surface area (Å²) in [5, 5.41) is 12.7. The monoisotopic (exact) mass is 338 g/mol. The molecule has 0 saturated heterocycles. The second-order valence-electron chi connectivity index (χ2n) is 6.04. The highest BCUT2D eigenvalue weighted by Gasteiger charge is 2.18. The second-order valence-corrected chi connectivity index (χ2v) is 6.04. The molecule has 0 aliphatic heterocycles. The second kappa shape index (κ2) is 6.40. The van der Waals surface area contributed by atoms with Gasteiger partial charge in [0.1, 0.15) is 17.2 Å². The topological polar surface area (TPSA) is 106 Å². The molecular weight excluding hydrogens is 320 g/mol. The fourth-order valence-corrected chi connectivity index (χ4v) is 2.27. The third-order valence-corrected chi connectivity index (χ3v) is 3.65. The van der Waals surface area contributed by atoms with E-state index in [1.54, 1.807) is 50.0 Å². The third kappa shape index (κ3) is 3.53. The summed E-state index contributed by atoms with van der Waals surface area (Å²) in [6.45, 7) is 3.35. The van der Waals surface area contributed by atoms with Gasteiger partial charge in [-0.2, -0.15) is 0 Å². The van der Waals surface area contributed by atoms with Gasteiger partial charge in [0.25, 0.3) is 5.91 Å². The summed E-state index contributed by atoms with van der Waals surface area (Å²) in [4.78, 5) is 28.6. The number of rotatable bonds is 4. The summed E-state index contributed by atoms with van der Waals surface area (Å²) in [6, 6.07) is 5.22. The number of nitrogens with zero attached hydrogens (tertiary/aromatic N) is 5. The number of nitrogens with one attached hydrogen (secondary N) is 1. The van der Waals surface area contributed by atoms with Crippen LogP contribution in [-0.4, -0.2) is 35.5 Å². The van der Waals surface area contributed by atoms with E-state index in [4.69, 9.17) is 0 Å². The molecule has 1 amide bonds. The summed E-state index contributed by atoms with van der Waals surface area (Å²) in [5.41, 5.74) is 0.335. The summed E-state index contributed by atoms with van der Waals surface area (Å²) >= 11 is 0. The van der Waals surface area contributed by atoms with Crippen LogP contribution in [-0.2, 0) is 12.6 Å². The highest BCUT2D eigenvalue weighted by atomic mass is 16.3. The average molecular weight is 338 g/mol. The van der Waals surface area contributed by atoms with Crippen molar-refractivity contribution >= 4 is 11.7 Å². The molecule has 0 aliphatic rings.